The Balaban J connectivity index is 1.91. The number of nitrogens with one attached hydrogen (secondary N) is 1. The molecule has 1 saturated heterocycles. The molecule has 13 heavy (non-hydrogen) atoms. The van der Waals surface area contributed by atoms with Crippen molar-refractivity contribution >= 4 is 11.9 Å². The summed E-state index contributed by atoms with van der Waals surface area (Å²) in [5.41, 5.74) is 0. The van der Waals surface area contributed by atoms with Gasteiger partial charge in [0.05, 0.1) is 19.2 Å². The Bertz CT molecular complexity index is 234. The Kier molecular flexibility index (Phi) is 1.95. The lowest BCUT2D eigenvalue weighted by molar-refractivity contribution is -0.126. The molecule has 1 aliphatic heterocycles. The average Bonchev–Trinajstić information content (AvgIpc) is 2.88. The Labute approximate surface area is 75.7 Å². The summed E-state index contributed by atoms with van der Waals surface area (Å²) < 4.78 is 0. The van der Waals surface area contributed by atoms with E-state index in [1.807, 2.05) is 0 Å². The van der Waals surface area contributed by atoms with Crippen LogP contribution in [0.3, 0.4) is 0 Å². The van der Waals surface area contributed by atoms with Crippen molar-refractivity contribution < 1.29 is 14.7 Å². The predicted molar refractivity (Wildman–Crippen MR) is 43.8 cm³/mol. The van der Waals surface area contributed by atoms with Crippen molar-refractivity contribution in [2.24, 2.45) is 5.92 Å². The number of urea groups is 1. The SMILES string of the molecule is O=C1CNC(=O)N1CC(O)C1CC1. The molecule has 0 spiro atoms. The summed E-state index contributed by atoms with van der Waals surface area (Å²) in [5, 5.41) is 11.9. The Morgan fingerprint density at radius 2 is 2.23 bits per heavy atom. The first-order valence-corrected chi connectivity index (χ1v) is 4.45. The fourth-order valence-electron chi connectivity index (χ4n) is 1.46. The van der Waals surface area contributed by atoms with Gasteiger partial charge in [-0.3, -0.25) is 9.69 Å². The highest BCUT2D eigenvalue weighted by Gasteiger charge is 2.36. The average molecular weight is 184 g/mol. The summed E-state index contributed by atoms with van der Waals surface area (Å²) in [7, 11) is 0. The monoisotopic (exact) mass is 184 g/mol. The summed E-state index contributed by atoms with van der Waals surface area (Å²) in [6, 6.07) is -0.385. The molecular formula is C8H12N2O3. The van der Waals surface area contributed by atoms with E-state index >= 15 is 0 Å². The predicted octanol–water partition coefficient (Wildman–Crippen LogP) is -0.691. The molecule has 2 N–H and O–H groups in total. The maximum absolute atomic E-state index is 11.1. The molecule has 2 fully saturated rings. The lowest BCUT2D eigenvalue weighted by Gasteiger charge is -2.16. The van der Waals surface area contributed by atoms with Crippen LogP contribution in [0.15, 0.2) is 0 Å². The van der Waals surface area contributed by atoms with E-state index in [1.54, 1.807) is 0 Å². The van der Waals surface area contributed by atoms with Gasteiger partial charge < -0.3 is 10.4 Å². The normalized spacial score (nSPS) is 24.8. The van der Waals surface area contributed by atoms with E-state index < -0.39 is 6.10 Å². The van der Waals surface area contributed by atoms with E-state index in [9.17, 15) is 14.7 Å². The molecule has 0 aromatic rings. The zero-order valence-corrected chi connectivity index (χ0v) is 7.19. The second kappa shape index (κ2) is 2.99. The van der Waals surface area contributed by atoms with Crippen LogP contribution in [0.2, 0.25) is 0 Å². The van der Waals surface area contributed by atoms with Gasteiger partial charge in [0.25, 0.3) is 0 Å². The first-order chi connectivity index (χ1) is 6.18. The van der Waals surface area contributed by atoms with Gasteiger partial charge in [0, 0.05) is 0 Å². The van der Waals surface area contributed by atoms with Crippen LogP contribution < -0.4 is 5.32 Å². The first-order valence-electron chi connectivity index (χ1n) is 4.45. The summed E-state index contributed by atoms with van der Waals surface area (Å²) in [4.78, 5) is 23.2. The van der Waals surface area contributed by atoms with Gasteiger partial charge in [-0.2, -0.15) is 0 Å². The molecule has 1 unspecified atom stereocenters. The highest BCUT2D eigenvalue weighted by molar-refractivity contribution is 6.01. The third-order valence-corrected chi connectivity index (χ3v) is 2.47. The number of rotatable bonds is 3. The number of β-amino-alcohol motifs (C(OH)–C–C–N with tert-alkyl or cyclic N) is 1. The van der Waals surface area contributed by atoms with Crippen molar-refractivity contribution in [1.29, 1.82) is 0 Å². The van der Waals surface area contributed by atoms with Gasteiger partial charge in [-0.1, -0.05) is 0 Å². The molecule has 1 atom stereocenters. The molecule has 0 radical (unpaired) electrons. The number of aliphatic hydroxyl groups is 1. The number of imide groups is 1. The van der Waals surface area contributed by atoms with Crippen LogP contribution in [-0.2, 0) is 4.79 Å². The van der Waals surface area contributed by atoms with E-state index in [-0.39, 0.29) is 25.0 Å². The molecule has 72 valence electrons. The molecule has 1 saturated carbocycles. The molecule has 0 aromatic carbocycles. The number of carbonyl (C=O) groups excluding carboxylic acids is 2. The van der Waals surface area contributed by atoms with Gasteiger partial charge in [0.15, 0.2) is 0 Å². The minimum absolute atomic E-state index is 0.0657. The Morgan fingerprint density at radius 3 is 2.69 bits per heavy atom. The van der Waals surface area contributed by atoms with E-state index in [2.05, 4.69) is 5.32 Å². The van der Waals surface area contributed by atoms with Crippen LogP contribution in [0.1, 0.15) is 12.8 Å². The highest BCUT2D eigenvalue weighted by atomic mass is 16.3. The molecule has 5 nitrogen and oxygen atoms in total. The number of amides is 3. The van der Waals surface area contributed by atoms with Crippen LogP contribution in [0, 0.1) is 5.92 Å². The Morgan fingerprint density at radius 1 is 1.54 bits per heavy atom. The van der Waals surface area contributed by atoms with Crippen LogP contribution in [-0.4, -0.2) is 41.1 Å². The molecule has 5 heteroatoms. The topological polar surface area (TPSA) is 69.6 Å². The quantitative estimate of drug-likeness (QED) is 0.570. The first kappa shape index (κ1) is 8.50. The van der Waals surface area contributed by atoms with E-state index in [0.717, 1.165) is 17.7 Å². The zero-order valence-electron chi connectivity index (χ0n) is 7.19. The summed E-state index contributed by atoms with van der Waals surface area (Å²) in [6.07, 6.45) is 1.48. The van der Waals surface area contributed by atoms with Gasteiger partial charge in [0.1, 0.15) is 0 Å². The van der Waals surface area contributed by atoms with Crippen LogP contribution in [0.25, 0.3) is 0 Å². The van der Waals surface area contributed by atoms with Crippen LogP contribution in [0.4, 0.5) is 4.79 Å². The number of carbonyl (C=O) groups is 2. The standard InChI is InChI=1S/C8H12N2O3/c11-6(5-1-2-5)4-10-7(12)3-9-8(10)13/h5-6,11H,1-4H2,(H,9,13). The maximum atomic E-state index is 11.1. The van der Waals surface area contributed by atoms with Crippen molar-refractivity contribution in [1.82, 2.24) is 10.2 Å². The lowest BCUT2D eigenvalue weighted by Crippen LogP contribution is -2.38. The van der Waals surface area contributed by atoms with Crippen molar-refractivity contribution in [3.8, 4) is 0 Å². The van der Waals surface area contributed by atoms with Crippen LogP contribution in [0.5, 0.6) is 0 Å². The summed E-state index contributed by atoms with van der Waals surface area (Å²) in [5.74, 6) is 0.0471. The minimum Gasteiger partial charge on any atom is -0.391 e. The fourth-order valence-corrected chi connectivity index (χ4v) is 1.46. The molecule has 0 aromatic heterocycles. The van der Waals surface area contributed by atoms with Crippen molar-refractivity contribution in [3.63, 3.8) is 0 Å². The van der Waals surface area contributed by atoms with Crippen molar-refractivity contribution in [3.05, 3.63) is 0 Å². The molecule has 2 rings (SSSR count). The van der Waals surface area contributed by atoms with Gasteiger partial charge >= 0.3 is 6.03 Å². The summed E-state index contributed by atoms with van der Waals surface area (Å²) >= 11 is 0. The summed E-state index contributed by atoms with van der Waals surface area (Å²) in [6.45, 7) is 0.214. The van der Waals surface area contributed by atoms with Gasteiger partial charge in [-0.25, -0.2) is 4.79 Å². The van der Waals surface area contributed by atoms with Gasteiger partial charge in [-0.15, -0.1) is 0 Å². The molecule has 2 aliphatic rings. The highest BCUT2D eigenvalue weighted by Crippen LogP contribution is 2.32. The molecular weight excluding hydrogens is 172 g/mol. The number of nitrogens with zero attached hydrogens (tertiary/aromatic N) is 1. The molecule has 1 aliphatic carbocycles. The number of hydrogen-bond donors (Lipinski definition) is 2. The maximum Gasteiger partial charge on any atom is 0.324 e. The van der Waals surface area contributed by atoms with Crippen molar-refractivity contribution in [2.75, 3.05) is 13.1 Å². The van der Waals surface area contributed by atoms with E-state index in [1.165, 1.54) is 0 Å². The van der Waals surface area contributed by atoms with E-state index in [0.29, 0.717) is 5.92 Å². The lowest BCUT2D eigenvalue weighted by atomic mass is 10.2. The largest absolute Gasteiger partial charge is 0.391 e. The molecule has 1 heterocycles. The fraction of sp³-hybridized carbons (Fsp3) is 0.750. The smallest absolute Gasteiger partial charge is 0.324 e. The van der Waals surface area contributed by atoms with E-state index in [4.69, 9.17) is 0 Å². The Hall–Kier alpha value is -1.10. The number of hydrogen-bond acceptors (Lipinski definition) is 3. The second-order valence-corrected chi connectivity index (χ2v) is 3.57. The number of aliphatic hydroxyl groups excluding tert-OH is 1. The zero-order chi connectivity index (χ0) is 9.42. The molecule has 0 bridgehead atoms. The van der Waals surface area contributed by atoms with Crippen LogP contribution >= 0.6 is 0 Å². The third kappa shape index (κ3) is 1.65. The molecule has 3 amide bonds. The second-order valence-electron chi connectivity index (χ2n) is 3.57. The van der Waals surface area contributed by atoms with Gasteiger partial charge in [0.2, 0.25) is 5.91 Å². The third-order valence-electron chi connectivity index (χ3n) is 2.47. The van der Waals surface area contributed by atoms with Gasteiger partial charge in [-0.05, 0) is 18.8 Å². The van der Waals surface area contributed by atoms with Crippen molar-refractivity contribution in [2.45, 2.75) is 18.9 Å². The minimum atomic E-state index is -0.534.